The lowest BCUT2D eigenvalue weighted by Gasteiger charge is -2.34. The summed E-state index contributed by atoms with van der Waals surface area (Å²) in [6.45, 7) is 2.03. The van der Waals surface area contributed by atoms with Gasteiger partial charge in [-0.2, -0.15) is 0 Å². The molecule has 140 valence electrons. The maximum atomic E-state index is 13.3. The van der Waals surface area contributed by atoms with Crippen molar-refractivity contribution in [2.24, 2.45) is 5.92 Å². The molecule has 0 aromatic heterocycles. The van der Waals surface area contributed by atoms with E-state index in [1.165, 1.54) is 5.56 Å². The monoisotopic (exact) mass is 363 g/mol. The predicted molar refractivity (Wildman–Crippen MR) is 103 cm³/mol. The van der Waals surface area contributed by atoms with E-state index < -0.39 is 0 Å². The Kier molecular flexibility index (Phi) is 4.07. The first-order chi connectivity index (χ1) is 13.2. The first-order valence-corrected chi connectivity index (χ1v) is 9.98. The van der Waals surface area contributed by atoms with E-state index in [0.717, 1.165) is 62.3 Å². The van der Waals surface area contributed by atoms with Crippen LogP contribution in [0.3, 0.4) is 0 Å². The Labute approximate surface area is 160 Å². The first kappa shape index (κ1) is 16.7. The fourth-order valence-corrected chi connectivity index (χ4v) is 4.54. The second kappa shape index (κ2) is 6.59. The normalized spacial score (nSPS) is 20.5. The molecule has 0 spiro atoms. The van der Waals surface area contributed by atoms with Crippen LogP contribution >= 0.6 is 0 Å². The van der Waals surface area contributed by atoms with Crippen LogP contribution < -0.4 is 9.47 Å². The van der Waals surface area contributed by atoms with Crippen LogP contribution in [0, 0.1) is 5.92 Å². The quantitative estimate of drug-likeness (QED) is 0.826. The molecule has 0 unspecified atom stereocenters. The summed E-state index contributed by atoms with van der Waals surface area (Å²) in [5.74, 6) is 2.54. The van der Waals surface area contributed by atoms with Crippen LogP contribution in [0.25, 0.3) is 0 Å². The number of hydrogen-bond donors (Lipinski definition) is 0. The Morgan fingerprint density at radius 1 is 1.00 bits per heavy atom. The molecule has 0 atom stereocenters. The van der Waals surface area contributed by atoms with Crippen LogP contribution in [0.4, 0.5) is 0 Å². The molecule has 2 fully saturated rings. The zero-order valence-electron chi connectivity index (χ0n) is 15.5. The second-order valence-electron chi connectivity index (χ2n) is 8.08. The molecule has 0 N–H and O–H groups in total. The van der Waals surface area contributed by atoms with E-state index in [1.807, 2.05) is 18.2 Å². The SMILES string of the molecule is O=C(N1CCC(Cc2ccccc2)CC1)C1(c2ccc3c(c2)OCO3)CC1. The number of ether oxygens (including phenoxy) is 2. The third-order valence-electron chi connectivity index (χ3n) is 6.35. The molecular weight excluding hydrogens is 338 g/mol. The molecule has 0 radical (unpaired) electrons. The number of piperidine rings is 1. The van der Waals surface area contributed by atoms with Gasteiger partial charge in [-0.15, -0.1) is 0 Å². The zero-order chi connectivity index (χ0) is 18.3. The summed E-state index contributed by atoms with van der Waals surface area (Å²) in [5.41, 5.74) is 2.16. The lowest BCUT2D eigenvalue weighted by atomic mass is 9.88. The molecule has 1 saturated carbocycles. The van der Waals surface area contributed by atoms with Crippen LogP contribution in [0.1, 0.15) is 36.8 Å². The van der Waals surface area contributed by atoms with Gasteiger partial charge in [0.25, 0.3) is 0 Å². The van der Waals surface area contributed by atoms with Crippen molar-refractivity contribution in [3.05, 3.63) is 59.7 Å². The van der Waals surface area contributed by atoms with Crippen LogP contribution in [0.15, 0.2) is 48.5 Å². The standard InChI is InChI=1S/C23H25NO3/c25-22(23(10-11-23)19-6-7-20-21(15-19)27-16-26-20)24-12-8-18(9-13-24)14-17-4-2-1-3-5-17/h1-7,15,18H,8-14,16H2. The van der Waals surface area contributed by atoms with Gasteiger partial charge in [0.15, 0.2) is 11.5 Å². The van der Waals surface area contributed by atoms with E-state index in [4.69, 9.17) is 9.47 Å². The van der Waals surface area contributed by atoms with Crippen molar-refractivity contribution in [1.29, 1.82) is 0 Å². The molecule has 1 amide bonds. The fourth-order valence-electron chi connectivity index (χ4n) is 4.54. The highest BCUT2D eigenvalue weighted by molar-refractivity contribution is 5.91. The van der Waals surface area contributed by atoms with Crippen LogP contribution in [0.2, 0.25) is 0 Å². The number of carbonyl (C=O) groups excluding carboxylic acids is 1. The van der Waals surface area contributed by atoms with Crippen molar-refractivity contribution >= 4 is 5.91 Å². The maximum Gasteiger partial charge on any atom is 0.233 e. The highest BCUT2D eigenvalue weighted by Crippen LogP contribution is 2.52. The Balaban J connectivity index is 1.24. The molecule has 4 heteroatoms. The Hall–Kier alpha value is -2.49. The lowest BCUT2D eigenvalue weighted by molar-refractivity contribution is -0.135. The van der Waals surface area contributed by atoms with Gasteiger partial charge in [-0.1, -0.05) is 36.4 Å². The van der Waals surface area contributed by atoms with Gasteiger partial charge in [0.2, 0.25) is 12.7 Å². The Morgan fingerprint density at radius 2 is 1.74 bits per heavy atom. The summed E-state index contributed by atoms with van der Waals surface area (Å²) in [5, 5.41) is 0. The number of amides is 1. The molecular formula is C23H25NO3. The van der Waals surface area contributed by atoms with Gasteiger partial charge in [0, 0.05) is 13.1 Å². The number of nitrogens with zero attached hydrogens (tertiary/aromatic N) is 1. The summed E-state index contributed by atoms with van der Waals surface area (Å²) < 4.78 is 10.9. The summed E-state index contributed by atoms with van der Waals surface area (Å²) in [6.07, 6.45) is 5.19. The number of carbonyl (C=O) groups is 1. The van der Waals surface area contributed by atoms with Crippen molar-refractivity contribution in [2.45, 2.75) is 37.5 Å². The minimum Gasteiger partial charge on any atom is -0.454 e. The van der Waals surface area contributed by atoms with Crippen molar-refractivity contribution in [3.63, 3.8) is 0 Å². The largest absolute Gasteiger partial charge is 0.454 e. The van der Waals surface area contributed by atoms with Crippen molar-refractivity contribution in [3.8, 4) is 11.5 Å². The van der Waals surface area contributed by atoms with Crippen molar-refractivity contribution < 1.29 is 14.3 Å². The zero-order valence-corrected chi connectivity index (χ0v) is 15.5. The van der Waals surface area contributed by atoms with Crippen LogP contribution in [0.5, 0.6) is 11.5 Å². The number of rotatable bonds is 4. The van der Waals surface area contributed by atoms with Gasteiger partial charge in [0.05, 0.1) is 5.41 Å². The van der Waals surface area contributed by atoms with E-state index in [-0.39, 0.29) is 12.2 Å². The van der Waals surface area contributed by atoms with Gasteiger partial charge in [-0.3, -0.25) is 4.79 Å². The molecule has 5 rings (SSSR count). The van der Waals surface area contributed by atoms with Gasteiger partial charge < -0.3 is 14.4 Å². The summed E-state index contributed by atoms with van der Waals surface area (Å²) in [4.78, 5) is 15.4. The van der Waals surface area contributed by atoms with Gasteiger partial charge in [-0.05, 0) is 61.3 Å². The fraction of sp³-hybridized carbons (Fsp3) is 0.435. The molecule has 1 saturated heterocycles. The molecule has 1 aliphatic carbocycles. The highest BCUT2D eigenvalue weighted by atomic mass is 16.7. The molecule has 2 aromatic carbocycles. The molecule has 27 heavy (non-hydrogen) atoms. The molecule has 0 bridgehead atoms. The minimum atomic E-state index is -0.326. The lowest BCUT2D eigenvalue weighted by Crippen LogP contribution is -2.44. The van der Waals surface area contributed by atoms with E-state index in [2.05, 4.69) is 35.2 Å². The maximum absolute atomic E-state index is 13.3. The predicted octanol–water partition coefficient (Wildman–Crippen LogP) is 3.93. The summed E-state index contributed by atoms with van der Waals surface area (Å²) in [6, 6.07) is 16.7. The Bertz CT molecular complexity index is 836. The van der Waals surface area contributed by atoms with Crippen LogP contribution in [-0.4, -0.2) is 30.7 Å². The third-order valence-corrected chi connectivity index (χ3v) is 6.35. The second-order valence-corrected chi connectivity index (χ2v) is 8.08. The molecule has 4 nitrogen and oxygen atoms in total. The summed E-state index contributed by atoms with van der Waals surface area (Å²) in [7, 11) is 0. The minimum absolute atomic E-state index is 0.272. The number of benzene rings is 2. The molecule has 2 heterocycles. The van der Waals surface area contributed by atoms with Gasteiger partial charge in [-0.25, -0.2) is 0 Å². The average Bonchev–Trinajstić information content (AvgIpc) is 3.39. The van der Waals surface area contributed by atoms with E-state index in [9.17, 15) is 4.79 Å². The highest BCUT2D eigenvalue weighted by Gasteiger charge is 2.53. The van der Waals surface area contributed by atoms with Gasteiger partial charge >= 0.3 is 0 Å². The van der Waals surface area contributed by atoms with E-state index in [1.54, 1.807) is 0 Å². The van der Waals surface area contributed by atoms with Crippen molar-refractivity contribution in [2.75, 3.05) is 19.9 Å². The van der Waals surface area contributed by atoms with E-state index >= 15 is 0 Å². The van der Waals surface area contributed by atoms with Crippen molar-refractivity contribution in [1.82, 2.24) is 4.90 Å². The average molecular weight is 363 g/mol. The van der Waals surface area contributed by atoms with E-state index in [0.29, 0.717) is 11.8 Å². The molecule has 3 aliphatic rings. The summed E-state index contributed by atoms with van der Waals surface area (Å²) >= 11 is 0. The van der Waals surface area contributed by atoms with Crippen LogP contribution in [-0.2, 0) is 16.6 Å². The topological polar surface area (TPSA) is 38.8 Å². The molecule has 2 aliphatic heterocycles. The third kappa shape index (κ3) is 3.07. The van der Waals surface area contributed by atoms with Gasteiger partial charge in [0.1, 0.15) is 0 Å². The number of likely N-dealkylation sites (tertiary alicyclic amines) is 1. The smallest absolute Gasteiger partial charge is 0.233 e. The molecule has 2 aromatic rings. The first-order valence-electron chi connectivity index (χ1n) is 9.98. The number of fused-ring (bicyclic) bond motifs is 1. The number of hydrogen-bond acceptors (Lipinski definition) is 3. The Morgan fingerprint density at radius 3 is 2.48 bits per heavy atom.